The molecule has 0 bridgehead atoms. The standard InChI is InChI=1S/C13H15FO4/c14-10-1-3-11(4-2-10)18-9-13(12(15)16)5-7-17-8-6-13/h1-4H,5-9H2,(H,15,16). The van der Waals surface area contributed by atoms with Crippen LogP contribution in [-0.4, -0.2) is 30.9 Å². The molecular formula is C13H15FO4. The number of carboxylic acid groups (broad SMARTS) is 1. The zero-order valence-electron chi connectivity index (χ0n) is 9.89. The molecule has 2 rings (SSSR count). The zero-order valence-corrected chi connectivity index (χ0v) is 9.89. The van der Waals surface area contributed by atoms with Crippen LogP contribution in [0.25, 0.3) is 0 Å². The third kappa shape index (κ3) is 2.79. The van der Waals surface area contributed by atoms with Crippen LogP contribution in [0.3, 0.4) is 0 Å². The second-order valence-electron chi connectivity index (χ2n) is 4.44. The number of hydrogen-bond acceptors (Lipinski definition) is 3. The van der Waals surface area contributed by atoms with Crippen molar-refractivity contribution in [3.63, 3.8) is 0 Å². The monoisotopic (exact) mass is 254 g/mol. The molecule has 0 spiro atoms. The molecule has 0 aromatic heterocycles. The van der Waals surface area contributed by atoms with Gasteiger partial charge in [-0.05, 0) is 37.1 Å². The lowest BCUT2D eigenvalue weighted by Crippen LogP contribution is -2.42. The molecule has 0 radical (unpaired) electrons. The van der Waals surface area contributed by atoms with Crippen LogP contribution in [0.1, 0.15) is 12.8 Å². The van der Waals surface area contributed by atoms with Crippen molar-refractivity contribution >= 4 is 5.97 Å². The summed E-state index contributed by atoms with van der Waals surface area (Å²) >= 11 is 0. The fourth-order valence-electron chi connectivity index (χ4n) is 1.93. The van der Waals surface area contributed by atoms with Gasteiger partial charge in [0.05, 0.1) is 0 Å². The minimum absolute atomic E-state index is 0.0807. The van der Waals surface area contributed by atoms with Crippen LogP contribution in [0.5, 0.6) is 5.75 Å². The van der Waals surface area contributed by atoms with E-state index in [-0.39, 0.29) is 12.4 Å². The van der Waals surface area contributed by atoms with Gasteiger partial charge in [-0.2, -0.15) is 0 Å². The van der Waals surface area contributed by atoms with E-state index in [9.17, 15) is 14.3 Å². The Bertz CT molecular complexity index is 410. The number of aliphatic carboxylic acids is 1. The Morgan fingerprint density at radius 3 is 2.50 bits per heavy atom. The van der Waals surface area contributed by atoms with Crippen LogP contribution < -0.4 is 4.74 Å². The summed E-state index contributed by atoms with van der Waals surface area (Å²) in [6.45, 7) is 0.940. The largest absolute Gasteiger partial charge is 0.492 e. The third-order valence-electron chi connectivity index (χ3n) is 3.23. The molecule has 1 aliphatic heterocycles. The average Bonchev–Trinajstić information content (AvgIpc) is 2.39. The summed E-state index contributed by atoms with van der Waals surface area (Å²) in [6, 6.07) is 5.55. The van der Waals surface area contributed by atoms with E-state index in [4.69, 9.17) is 9.47 Å². The van der Waals surface area contributed by atoms with E-state index in [0.29, 0.717) is 31.8 Å². The van der Waals surface area contributed by atoms with Crippen molar-refractivity contribution < 1.29 is 23.8 Å². The summed E-state index contributed by atoms with van der Waals surface area (Å²) in [4.78, 5) is 11.4. The van der Waals surface area contributed by atoms with Gasteiger partial charge < -0.3 is 14.6 Å². The maximum atomic E-state index is 12.7. The number of carboxylic acids is 1. The highest BCUT2D eigenvalue weighted by molar-refractivity contribution is 5.75. The van der Waals surface area contributed by atoms with Gasteiger partial charge in [0.2, 0.25) is 0 Å². The van der Waals surface area contributed by atoms with Crippen molar-refractivity contribution in [1.82, 2.24) is 0 Å². The highest BCUT2D eigenvalue weighted by atomic mass is 19.1. The molecule has 18 heavy (non-hydrogen) atoms. The van der Waals surface area contributed by atoms with E-state index in [1.165, 1.54) is 24.3 Å². The molecule has 0 unspecified atom stereocenters. The Hall–Kier alpha value is -1.62. The maximum absolute atomic E-state index is 12.7. The van der Waals surface area contributed by atoms with Gasteiger partial charge in [-0.3, -0.25) is 4.79 Å². The van der Waals surface area contributed by atoms with E-state index in [2.05, 4.69) is 0 Å². The van der Waals surface area contributed by atoms with E-state index in [0.717, 1.165) is 0 Å². The van der Waals surface area contributed by atoms with Gasteiger partial charge in [-0.15, -0.1) is 0 Å². The molecule has 5 heteroatoms. The second kappa shape index (κ2) is 5.35. The van der Waals surface area contributed by atoms with Crippen molar-refractivity contribution in [2.24, 2.45) is 5.41 Å². The van der Waals surface area contributed by atoms with Crippen molar-refractivity contribution in [1.29, 1.82) is 0 Å². The molecule has 0 amide bonds. The maximum Gasteiger partial charge on any atom is 0.313 e. The van der Waals surface area contributed by atoms with Crippen LogP contribution >= 0.6 is 0 Å². The molecule has 1 heterocycles. The first-order valence-electron chi connectivity index (χ1n) is 5.82. The normalized spacial score (nSPS) is 18.3. The molecule has 1 aromatic rings. The zero-order chi connectivity index (χ0) is 13.0. The van der Waals surface area contributed by atoms with Crippen LogP contribution in [0.4, 0.5) is 4.39 Å². The molecule has 1 fully saturated rings. The summed E-state index contributed by atoms with van der Waals surface area (Å²) in [5, 5.41) is 9.32. The minimum atomic E-state index is -0.896. The van der Waals surface area contributed by atoms with Gasteiger partial charge in [0.1, 0.15) is 23.6 Å². The third-order valence-corrected chi connectivity index (χ3v) is 3.23. The minimum Gasteiger partial charge on any atom is -0.492 e. The average molecular weight is 254 g/mol. The van der Waals surface area contributed by atoms with E-state index in [1.807, 2.05) is 0 Å². The van der Waals surface area contributed by atoms with Gasteiger partial charge in [0.15, 0.2) is 0 Å². The predicted octanol–water partition coefficient (Wildman–Crippen LogP) is 2.09. The topological polar surface area (TPSA) is 55.8 Å². The highest BCUT2D eigenvalue weighted by Gasteiger charge is 2.41. The molecule has 98 valence electrons. The molecule has 0 atom stereocenters. The van der Waals surface area contributed by atoms with Gasteiger partial charge in [-0.25, -0.2) is 4.39 Å². The Labute approximate surface area is 104 Å². The smallest absolute Gasteiger partial charge is 0.313 e. The van der Waals surface area contributed by atoms with Gasteiger partial charge in [0, 0.05) is 13.2 Å². The Morgan fingerprint density at radius 2 is 1.94 bits per heavy atom. The number of benzene rings is 1. The molecule has 0 aliphatic carbocycles. The number of halogens is 1. The van der Waals surface area contributed by atoms with Crippen molar-refractivity contribution in [3.8, 4) is 5.75 Å². The summed E-state index contributed by atoms with van der Waals surface area (Å²) in [5.41, 5.74) is -0.896. The molecular weight excluding hydrogens is 239 g/mol. The molecule has 1 N–H and O–H groups in total. The molecule has 1 saturated heterocycles. The lowest BCUT2D eigenvalue weighted by molar-refractivity contribution is -0.157. The van der Waals surface area contributed by atoms with Crippen molar-refractivity contribution in [3.05, 3.63) is 30.1 Å². The fourth-order valence-corrected chi connectivity index (χ4v) is 1.93. The van der Waals surface area contributed by atoms with Crippen LogP contribution in [0, 0.1) is 11.2 Å². The van der Waals surface area contributed by atoms with Crippen LogP contribution in [0.15, 0.2) is 24.3 Å². The quantitative estimate of drug-likeness (QED) is 0.893. The summed E-state index contributed by atoms with van der Waals surface area (Å²) in [7, 11) is 0. The number of carbonyl (C=O) groups is 1. The predicted molar refractivity (Wildman–Crippen MR) is 62.0 cm³/mol. The molecule has 1 aliphatic rings. The SMILES string of the molecule is O=C(O)C1(COc2ccc(F)cc2)CCOCC1. The molecule has 0 saturated carbocycles. The number of rotatable bonds is 4. The van der Waals surface area contributed by atoms with Gasteiger partial charge in [-0.1, -0.05) is 0 Å². The summed E-state index contributed by atoms with van der Waals surface area (Å²) in [5.74, 6) is -0.738. The fraction of sp³-hybridized carbons (Fsp3) is 0.462. The lowest BCUT2D eigenvalue weighted by Gasteiger charge is -2.32. The highest BCUT2D eigenvalue weighted by Crippen LogP contribution is 2.31. The van der Waals surface area contributed by atoms with Crippen molar-refractivity contribution in [2.45, 2.75) is 12.8 Å². The van der Waals surface area contributed by atoms with Crippen LogP contribution in [0.2, 0.25) is 0 Å². The summed E-state index contributed by atoms with van der Waals surface area (Å²) < 4.78 is 23.4. The van der Waals surface area contributed by atoms with Crippen LogP contribution in [-0.2, 0) is 9.53 Å². The second-order valence-corrected chi connectivity index (χ2v) is 4.44. The van der Waals surface area contributed by atoms with E-state index >= 15 is 0 Å². The molecule has 1 aromatic carbocycles. The van der Waals surface area contributed by atoms with Gasteiger partial charge >= 0.3 is 5.97 Å². The Balaban J connectivity index is 2.01. The Morgan fingerprint density at radius 1 is 1.33 bits per heavy atom. The lowest BCUT2D eigenvalue weighted by atomic mass is 9.81. The van der Waals surface area contributed by atoms with Gasteiger partial charge in [0.25, 0.3) is 0 Å². The van der Waals surface area contributed by atoms with Crippen molar-refractivity contribution in [2.75, 3.05) is 19.8 Å². The Kier molecular flexibility index (Phi) is 3.81. The number of hydrogen-bond donors (Lipinski definition) is 1. The van der Waals surface area contributed by atoms with E-state index < -0.39 is 11.4 Å². The number of ether oxygens (including phenoxy) is 2. The first-order chi connectivity index (χ1) is 8.62. The summed E-state index contributed by atoms with van der Waals surface area (Å²) in [6.07, 6.45) is 0.868. The molecule has 4 nitrogen and oxygen atoms in total. The first-order valence-corrected chi connectivity index (χ1v) is 5.82. The first kappa shape index (κ1) is 12.8. The van der Waals surface area contributed by atoms with E-state index in [1.54, 1.807) is 0 Å².